The topological polar surface area (TPSA) is 34.5 Å². The van der Waals surface area contributed by atoms with Gasteiger partial charge >= 0.3 is 0 Å². The molecule has 1 aromatic heterocycles. The summed E-state index contributed by atoms with van der Waals surface area (Å²) in [4.78, 5) is 8.46. The van der Waals surface area contributed by atoms with Crippen LogP contribution in [0.25, 0.3) is 0 Å². The molecule has 0 saturated heterocycles. The highest BCUT2D eigenvalue weighted by atomic mass is 35.5. The van der Waals surface area contributed by atoms with Gasteiger partial charge in [-0.15, -0.1) is 24.8 Å². The van der Waals surface area contributed by atoms with Crippen LogP contribution in [-0.4, -0.2) is 18.3 Å². The van der Waals surface area contributed by atoms with E-state index in [-0.39, 0.29) is 24.8 Å². The van der Waals surface area contributed by atoms with Crippen LogP contribution in [0.3, 0.4) is 0 Å². The monoisotopic (exact) mass is 208 g/mol. The minimum atomic E-state index is 0. The highest BCUT2D eigenvalue weighted by Gasteiger charge is 1.82. The first-order valence-electron chi connectivity index (χ1n) is 2.91. The van der Waals surface area contributed by atoms with Crippen molar-refractivity contribution in [2.75, 3.05) is 7.11 Å². The maximum atomic E-state index is 4.48. The fourth-order valence-corrected chi connectivity index (χ4v) is 0.559. The molecule has 68 valence electrons. The minimum Gasteiger partial charge on any atom is -0.399 e. The molecule has 0 aromatic carbocycles. The van der Waals surface area contributed by atoms with Gasteiger partial charge in [0.2, 0.25) is 0 Å². The zero-order valence-electron chi connectivity index (χ0n) is 6.51. The summed E-state index contributed by atoms with van der Waals surface area (Å²) in [7, 11) is 1.50. The summed E-state index contributed by atoms with van der Waals surface area (Å²) < 4.78 is 0. The number of rotatable bonds is 2. The molecule has 0 aliphatic carbocycles. The van der Waals surface area contributed by atoms with Crippen molar-refractivity contribution in [1.82, 2.24) is 4.98 Å². The molecule has 1 aromatic rings. The molecule has 1 heterocycles. The molecule has 0 unspecified atom stereocenters. The molecule has 0 amide bonds. The van der Waals surface area contributed by atoms with E-state index in [2.05, 4.69) is 15.0 Å². The third kappa shape index (κ3) is 4.93. The highest BCUT2D eigenvalue weighted by molar-refractivity contribution is 5.85. The van der Waals surface area contributed by atoms with Crippen LogP contribution >= 0.6 is 24.8 Å². The summed E-state index contributed by atoms with van der Waals surface area (Å²) in [6.45, 7) is 0. The lowest BCUT2D eigenvalue weighted by Crippen LogP contribution is -1.84. The van der Waals surface area contributed by atoms with Crippen LogP contribution < -0.4 is 0 Å². The van der Waals surface area contributed by atoms with Crippen LogP contribution in [0.1, 0.15) is 5.69 Å². The van der Waals surface area contributed by atoms with Crippen LogP contribution in [0.2, 0.25) is 0 Å². The third-order valence-corrected chi connectivity index (χ3v) is 0.978. The fraction of sp³-hybridized carbons (Fsp3) is 0.143. The minimum absolute atomic E-state index is 0. The summed E-state index contributed by atoms with van der Waals surface area (Å²) in [6.07, 6.45) is 3.26. The number of aromatic nitrogens is 1. The lowest BCUT2D eigenvalue weighted by molar-refractivity contribution is 0.215. The summed E-state index contributed by atoms with van der Waals surface area (Å²) in [6, 6.07) is 5.59. The van der Waals surface area contributed by atoms with Crippen molar-refractivity contribution in [2.24, 2.45) is 5.16 Å². The number of hydrogen-bond acceptors (Lipinski definition) is 3. The molecule has 0 radical (unpaired) electrons. The van der Waals surface area contributed by atoms with Gasteiger partial charge in [-0.3, -0.25) is 4.98 Å². The molecule has 1 rings (SSSR count). The molecule has 5 heteroatoms. The van der Waals surface area contributed by atoms with Gasteiger partial charge in [-0.1, -0.05) is 11.2 Å². The first kappa shape index (κ1) is 13.8. The van der Waals surface area contributed by atoms with E-state index in [4.69, 9.17) is 0 Å². The van der Waals surface area contributed by atoms with Crippen LogP contribution in [-0.2, 0) is 4.84 Å². The Labute approximate surface area is 83.7 Å². The number of oxime groups is 1. The molecular weight excluding hydrogens is 199 g/mol. The normalized spacial score (nSPS) is 8.42. The van der Waals surface area contributed by atoms with Gasteiger partial charge < -0.3 is 4.84 Å². The Morgan fingerprint density at radius 3 is 2.67 bits per heavy atom. The largest absolute Gasteiger partial charge is 0.399 e. The maximum absolute atomic E-state index is 4.48. The van der Waals surface area contributed by atoms with Crippen LogP contribution in [0.4, 0.5) is 0 Å². The third-order valence-electron chi connectivity index (χ3n) is 0.978. The zero-order valence-corrected chi connectivity index (χ0v) is 8.14. The van der Waals surface area contributed by atoms with Crippen LogP contribution in [0.5, 0.6) is 0 Å². The van der Waals surface area contributed by atoms with Gasteiger partial charge in [-0.25, -0.2) is 0 Å². The van der Waals surface area contributed by atoms with Gasteiger partial charge in [0.1, 0.15) is 7.11 Å². The molecule has 0 bridgehead atoms. The lowest BCUT2D eigenvalue weighted by Gasteiger charge is -1.87. The van der Waals surface area contributed by atoms with Crippen LogP contribution in [0.15, 0.2) is 29.6 Å². The SMILES string of the molecule is CO/N=C/c1ccccn1.Cl.Cl. The molecule has 3 nitrogen and oxygen atoms in total. The maximum Gasteiger partial charge on any atom is 0.106 e. The molecule has 0 N–H and O–H groups in total. The summed E-state index contributed by atoms with van der Waals surface area (Å²) in [5, 5.41) is 3.55. The van der Waals surface area contributed by atoms with Gasteiger partial charge in [-0.2, -0.15) is 0 Å². The predicted molar refractivity (Wildman–Crippen MR) is 53.3 cm³/mol. The number of halogens is 2. The molecule has 12 heavy (non-hydrogen) atoms. The Kier molecular flexibility index (Phi) is 9.52. The number of pyridine rings is 1. The smallest absolute Gasteiger partial charge is 0.106 e. The zero-order chi connectivity index (χ0) is 7.23. The first-order valence-corrected chi connectivity index (χ1v) is 2.91. The lowest BCUT2D eigenvalue weighted by atomic mass is 10.4. The van der Waals surface area contributed by atoms with E-state index in [1.165, 1.54) is 7.11 Å². The van der Waals surface area contributed by atoms with Gasteiger partial charge in [-0.05, 0) is 12.1 Å². The first-order chi connectivity index (χ1) is 4.93. The molecule has 0 aliphatic rings. The standard InChI is InChI=1S/C7H8N2O.2ClH/c1-10-9-6-7-4-2-3-5-8-7;;/h2-6H,1H3;2*1H/b9-6+;;. The van der Waals surface area contributed by atoms with E-state index in [0.29, 0.717) is 0 Å². The summed E-state index contributed by atoms with van der Waals surface area (Å²) in [5.74, 6) is 0. The average molecular weight is 209 g/mol. The second-order valence-electron chi connectivity index (χ2n) is 1.67. The van der Waals surface area contributed by atoms with E-state index in [0.717, 1.165) is 5.69 Å². The Morgan fingerprint density at radius 2 is 2.17 bits per heavy atom. The van der Waals surface area contributed by atoms with Crippen molar-refractivity contribution in [2.45, 2.75) is 0 Å². The van der Waals surface area contributed by atoms with E-state index >= 15 is 0 Å². The quantitative estimate of drug-likeness (QED) is 0.550. The summed E-state index contributed by atoms with van der Waals surface area (Å²) in [5.41, 5.74) is 0.796. The predicted octanol–water partition coefficient (Wildman–Crippen LogP) is 1.91. The number of hydrogen-bond donors (Lipinski definition) is 0. The van der Waals surface area contributed by atoms with Crippen molar-refractivity contribution in [3.05, 3.63) is 30.1 Å². The molecular formula is C7H10Cl2N2O. The van der Waals surface area contributed by atoms with Gasteiger partial charge in [0, 0.05) is 6.20 Å². The Morgan fingerprint density at radius 1 is 1.42 bits per heavy atom. The van der Waals surface area contributed by atoms with Gasteiger partial charge in [0.15, 0.2) is 0 Å². The van der Waals surface area contributed by atoms with Crippen molar-refractivity contribution in [3.8, 4) is 0 Å². The van der Waals surface area contributed by atoms with Gasteiger partial charge in [0.25, 0.3) is 0 Å². The van der Waals surface area contributed by atoms with E-state index in [1.807, 2.05) is 18.2 Å². The van der Waals surface area contributed by atoms with Crippen LogP contribution in [0, 0.1) is 0 Å². The second kappa shape index (κ2) is 8.30. The molecule has 0 atom stereocenters. The fourth-order valence-electron chi connectivity index (χ4n) is 0.559. The second-order valence-corrected chi connectivity index (χ2v) is 1.67. The van der Waals surface area contributed by atoms with E-state index < -0.39 is 0 Å². The van der Waals surface area contributed by atoms with Crippen molar-refractivity contribution >= 4 is 31.0 Å². The Bertz CT molecular complexity index is 216. The van der Waals surface area contributed by atoms with Crippen molar-refractivity contribution in [1.29, 1.82) is 0 Å². The number of nitrogens with zero attached hydrogens (tertiary/aromatic N) is 2. The molecule has 0 spiro atoms. The van der Waals surface area contributed by atoms with E-state index in [9.17, 15) is 0 Å². The van der Waals surface area contributed by atoms with Crippen molar-refractivity contribution < 1.29 is 4.84 Å². The Balaban J connectivity index is 0. The Hall–Kier alpha value is -0.800. The van der Waals surface area contributed by atoms with Gasteiger partial charge in [0.05, 0.1) is 11.9 Å². The molecule has 0 aliphatic heterocycles. The molecule has 0 saturated carbocycles. The van der Waals surface area contributed by atoms with E-state index in [1.54, 1.807) is 12.4 Å². The summed E-state index contributed by atoms with van der Waals surface area (Å²) >= 11 is 0. The highest BCUT2D eigenvalue weighted by Crippen LogP contribution is 1.87. The average Bonchev–Trinajstić information content (AvgIpc) is 2.03. The van der Waals surface area contributed by atoms with Crippen molar-refractivity contribution in [3.63, 3.8) is 0 Å². The molecule has 0 fully saturated rings.